The molecule has 1 aliphatic heterocycles. The number of nitrogens with one attached hydrogen (secondary N) is 1. The first-order valence-electron chi connectivity index (χ1n) is 7.23. The lowest BCUT2D eigenvalue weighted by Gasteiger charge is -2.31. The molecule has 2 rings (SSSR count). The smallest absolute Gasteiger partial charge is 0.269 e. The SMILES string of the molecule is CC(c1cccc([N+](=O)[O-])c1)N(C)CC1CCCNC1. The van der Waals surface area contributed by atoms with E-state index >= 15 is 0 Å². The fourth-order valence-corrected chi connectivity index (χ4v) is 2.80. The molecule has 110 valence electrons. The second-order valence-corrected chi connectivity index (χ2v) is 5.68. The summed E-state index contributed by atoms with van der Waals surface area (Å²) in [6.45, 7) is 5.33. The van der Waals surface area contributed by atoms with Gasteiger partial charge in [-0.25, -0.2) is 0 Å². The summed E-state index contributed by atoms with van der Waals surface area (Å²) in [5, 5.41) is 14.3. The molecule has 0 bridgehead atoms. The molecule has 0 saturated carbocycles. The van der Waals surface area contributed by atoms with Crippen LogP contribution in [0.5, 0.6) is 0 Å². The zero-order valence-electron chi connectivity index (χ0n) is 12.2. The van der Waals surface area contributed by atoms with Gasteiger partial charge in [0.1, 0.15) is 0 Å². The maximum Gasteiger partial charge on any atom is 0.269 e. The average molecular weight is 277 g/mol. The van der Waals surface area contributed by atoms with E-state index in [1.54, 1.807) is 18.2 Å². The summed E-state index contributed by atoms with van der Waals surface area (Å²) < 4.78 is 0. The van der Waals surface area contributed by atoms with Gasteiger partial charge < -0.3 is 5.32 Å². The largest absolute Gasteiger partial charge is 0.316 e. The number of hydrogen-bond donors (Lipinski definition) is 1. The predicted molar refractivity (Wildman–Crippen MR) is 79.7 cm³/mol. The van der Waals surface area contributed by atoms with Crippen LogP contribution in [0, 0.1) is 16.0 Å². The number of hydrogen-bond acceptors (Lipinski definition) is 4. The monoisotopic (exact) mass is 277 g/mol. The van der Waals surface area contributed by atoms with Gasteiger partial charge in [0.15, 0.2) is 0 Å². The fourth-order valence-electron chi connectivity index (χ4n) is 2.80. The molecular formula is C15H23N3O2. The van der Waals surface area contributed by atoms with Gasteiger partial charge in [-0.15, -0.1) is 0 Å². The Kier molecular flexibility index (Phi) is 5.09. The van der Waals surface area contributed by atoms with Crippen molar-refractivity contribution >= 4 is 5.69 Å². The molecule has 0 spiro atoms. The Morgan fingerprint density at radius 1 is 1.55 bits per heavy atom. The Bertz CT molecular complexity index is 458. The van der Waals surface area contributed by atoms with Crippen LogP contribution in [0.3, 0.4) is 0 Å². The Hall–Kier alpha value is -1.46. The first-order chi connectivity index (χ1) is 9.58. The van der Waals surface area contributed by atoms with Crippen LogP contribution in [-0.2, 0) is 0 Å². The minimum Gasteiger partial charge on any atom is -0.316 e. The van der Waals surface area contributed by atoms with E-state index < -0.39 is 0 Å². The number of benzene rings is 1. The standard InChI is InChI=1S/C15H23N3O2/c1-12(14-6-3-7-15(9-14)18(19)20)17(2)11-13-5-4-8-16-10-13/h3,6-7,9,12-13,16H,4-5,8,10-11H2,1-2H3. The lowest BCUT2D eigenvalue weighted by atomic mass is 9.97. The molecule has 1 saturated heterocycles. The van der Waals surface area contributed by atoms with Crippen LogP contribution in [0.25, 0.3) is 0 Å². The fraction of sp³-hybridized carbons (Fsp3) is 0.600. The van der Waals surface area contributed by atoms with Crippen LogP contribution in [0.4, 0.5) is 5.69 Å². The summed E-state index contributed by atoms with van der Waals surface area (Å²) in [6, 6.07) is 7.14. The van der Waals surface area contributed by atoms with Crippen molar-refractivity contribution in [2.45, 2.75) is 25.8 Å². The third kappa shape index (κ3) is 3.77. The molecule has 0 radical (unpaired) electrons. The molecule has 1 N–H and O–H groups in total. The van der Waals surface area contributed by atoms with E-state index in [0.29, 0.717) is 5.92 Å². The number of nitro benzene ring substituents is 1. The Morgan fingerprint density at radius 2 is 2.35 bits per heavy atom. The zero-order valence-corrected chi connectivity index (χ0v) is 12.2. The molecule has 1 aromatic carbocycles. The van der Waals surface area contributed by atoms with Crippen molar-refractivity contribution in [2.75, 3.05) is 26.7 Å². The maximum absolute atomic E-state index is 10.8. The van der Waals surface area contributed by atoms with Gasteiger partial charge in [-0.2, -0.15) is 0 Å². The average Bonchev–Trinajstić information content (AvgIpc) is 2.47. The Morgan fingerprint density at radius 3 is 3.00 bits per heavy atom. The molecule has 5 heteroatoms. The van der Waals surface area contributed by atoms with E-state index in [9.17, 15) is 10.1 Å². The highest BCUT2D eigenvalue weighted by Crippen LogP contribution is 2.24. The summed E-state index contributed by atoms with van der Waals surface area (Å²) >= 11 is 0. The minimum absolute atomic E-state index is 0.169. The molecule has 0 aliphatic carbocycles. The molecule has 1 aliphatic rings. The summed E-state index contributed by atoms with van der Waals surface area (Å²) in [5.41, 5.74) is 1.17. The van der Waals surface area contributed by atoms with Crippen LogP contribution < -0.4 is 5.32 Å². The number of nitro groups is 1. The number of nitrogens with zero attached hydrogens (tertiary/aromatic N) is 2. The molecule has 0 amide bonds. The molecule has 2 unspecified atom stereocenters. The summed E-state index contributed by atoms with van der Waals surface area (Å²) in [4.78, 5) is 12.8. The van der Waals surface area contributed by atoms with Crippen LogP contribution in [0.2, 0.25) is 0 Å². The molecule has 0 aromatic heterocycles. The van der Waals surface area contributed by atoms with E-state index in [0.717, 1.165) is 25.2 Å². The van der Waals surface area contributed by atoms with Crippen LogP contribution in [0.15, 0.2) is 24.3 Å². The van der Waals surface area contributed by atoms with Gasteiger partial charge in [-0.3, -0.25) is 15.0 Å². The normalized spacial score (nSPS) is 20.9. The van der Waals surface area contributed by atoms with E-state index in [4.69, 9.17) is 0 Å². The summed E-state index contributed by atoms with van der Waals surface area (Å²) in [6.07, 6.45) is 2.50. The Balaban J connectivity index is 2.00. The Labute approximate surface area is 120 Å². The highest BCUT2D eigenvalue weighted by molar-refractivity contribution is 5.35. The highest BCUT2D eigenvalue weighted by Gasteiger charge is 2.20. The number of piperidine rings is 1. The second-order valence-electron chi connectivity index (χ2n) is 5.68. The highest BCUT2D eigenvalue weighted by atomic mass is 16.6. The summed E-state index contributed by atoms with van der Waals surface area (Å²) in [7, 11) is 2.10. The molecular weight excluding hydrogens is 254 g/mol. The molecule has 20 heavy (non-hydrogen) atoms. The van der Waals surface area contributed by atoms with Gasteiger partial charge in [0, 0.05) is 24.7 Å². The lowest BCUT2D eigenvalue weighted by Crippen LogP contribution is -2.37. The lowest BCUT2D eigenvalue weighted by molar-refractivity contribution is -0.384. The quantitative estimate of drug-likeness (QED) is 0.664. The van der Waals surface area contributed by atoms with E-state index in [2.05, 4.69) is 24.2 Å². The van der Waals surface area contributed by atoms with Crippen molar-refractivity contribution in [3.63, 3.8) is 0 Å². The van der Waals surface area contributed by atoms with Crippen LogP contribution >= 0.6 is 0 Å². The van der Waals surface area contributed by atoms with Gasteiger partial charge >= 0.3 is 0 Å². The molecule has 2 atom stereocenters. The van der Waals surface area contributed by atoms with Gasteiger partial charge in [0.25, 0.3) is 5.69 Å². The summed E-state index contributed by atoms with van der Waals surface area (Å²) in [5.74, 6) is 0.676. The van der Waals surface area contributed by atoms with Crippen molar-refractivity contribution < 1.29 is 4.92 Å². The third-order valence-corrected chi connectivity index (χ3v) is 4.17. The van der Waals surface area contributed by atoms with Gasteiger partial charge in [-0.05, 0) is 51.4 Å². The molecule has 1 aromatic rings. The maximum atomic E-state index is 10.8. The van der Waals surface area contributed by atoms with Crippen LogP contribution in [-0.4, -0.2) is 36.5 Å². The minimum atomic E-state index is -0.332. The van der Waals surface area contributed by atoms with Crippen LogP contribution in [0.1, 0.15) is 31.4 Å². The first kappa shape index (κ1) is 14.9. The van der Waals surface area contributed by atoms with Gasteiger partial charge in [-0.1, -0.05) is 12.1 Å². The third-order valence-electron chi connectivity index (χ3n) is 4.17. The molecule has 1 fully saturated rings. The van der Waals surface area contributed by atoms with Crippen molar-refractivity contribution in [1.82, 2.24) is 10.2 Å². The van der Waals surface area contributed by atoms with Gasteiger partial charge in [0.05, 0.1) is 4.92 Å². The van der Waals surface area contributed by atoms with Crippen molar-refractivity contribution in [1.29, 1.82) is 0 Å². The van der Waals surface area contributed by atoms with E-state index in [1.165, 1.54) is 12.8 Å². The van der Waals surface area contributed by atoms with Crippen molar-refractivity contribution in [2.24, 2.45) is 5.92 Å². The zero-order chi connectivity index (χ0) is 14.5. The first-order valence-corrected chi connectivity index (χ1v) is 7.23. The second kappa shape index (κ2) is 6.81. The topological polar surface area (TPSA) is 58.4 Å². The van der Waals surface area contributed by atoms with Crippen molar-refractivity contribution in [3.05, 3.63) is 39.9 Å². The number of non-ortho nitro benzene ring substituents is 1. The van der Waals surface area contributed by atoms with E-state index in [-0.39, 0.29) is 16.7 Å². The predicted octanol–water partition coefficient (Wildman–Crippen LogP) is 2.59. The van der Waals surface area contributed by atoms with Crippen molar-refractivity contribution in [3.8, 4) is 0 Å². The van der Waals surface area contributed by atoms with E-state index in [1.807, 2.05) is 6.07 Å². The number of rotatable bonds is 5. The van der Waals surface area contributed by atoms with Gasteiger partial charge in [0.2, 0.25) is 0 Å². The molecule has 5 nitrogen and oxygen atoms in total. The molecule has 1 heterocycles.